The summed E-state index contributed by atoms with van der Waals surface area (Å²) in [5.74, 6) is 1.99. The van der Waals surface area contributed by atoms with Crippen LogP contribution >= 0.6 is 0 Å². The maximum absolute atomic E-state index is 11.9. The highest BCUT2D eigenvalue weighted by Crippen LogP contribution is 2.35. The summed E-state index contributed by atoms with van der Waals surface area (Å²) in [6, 6.07) is 3.56. The van der Waals surface area contributed by atoms with Gasteiger partial charge in [-0.2, -0.15) is 0 Å². The second-order valence-corrected chi connectivity index (χ2v) is 5.06. The fraction of sp³-hybridized carbons (Fsp3) is 0.500. The van der Waals surface area contributed by atoms with Crippen LogP contribution in [-0.4, -0.2) is 27.1 Å². The van der Waals surface area contributed by atoms with Crippen LogP contribution in [0.5, 0.6) is 17.2 Å². The maximum Gasteiger partial charge on any atom is 0.164 e. The van der Waals surface area contributed by atoms with E-state index in [0.29, 0.717) is 23.7 Å². The summed E-state index contributed by atoms with van der Waals surface area (Å²) >= 11 is 0. The van der Waals surface area contributed by atoms with Crippen molar-refractivity contribution in [3.05, 3.63) is 23.8 Å². The first-order valence-corrected chi connectivity index (χ1v) is 7.67. The Labute approximate surface area is 133 Å². The molecular formula is C18H26O4. The monoisotopic (exact) mass is 306 g/mol. The third-order valence-electron chi connectivity index (χ3n) is 3.46. The number of rotatable bonds is 10. The molecule has 4 nitrogen and oxygen atoms in total. The summed E-state index contributed by atoms with van der Waals surface area (Å²) in [4.78, 5) is 11.9. The van der Waals surface area contributed by atoms with Crippen molar-refractivity contribution in [1.82, 2.24) is 0 Å². The van der Waals surface area contributed by atoms with Crippen LogP contribution in [-0.2, 0) is 4.79 Å². The molecule has 0 aliphatic heterocycles. The molecular weight excluding hydrogens is 280 g/mol. The normalized spacial score (nSPS) is 10.7. The molecule has 0 saturated carbocycles. The van der Waals surface area contributed by atoms with Gasteiger partial charge < -0.3 is 14.2 Å². The number of carbonyl (C=O) groups is 1. The molecule has 0 saturated heterocycles. The number of carbonyl (C=O) groups excluding carboxylic acids is 1. The van der Waals surface area contributed by atoms with Gasteiger partial charge in [0.1, 0.15) is 5.75 Å². The first-order valence-electron chi connectivity index (χ1n) is 7.67. The van der Waals surface area contributed by atoms with Gasteiger partial charge in [-0.25, -0.2) is 0 Å². The van der Waals surface area contributed by atoms with Crippen LogP contribution in [0.15, 0.2) is 18.2 Å². The van der Waals surface area contributed by atoms with E-state index in [-0.39, 0.29) is 5.78 Å². The molecule has 0 atom stereocenters. The SMILES string of the molecule is CCCCCCC(=O)C=Cc1cc(OC)c(OC)cc1OC. The molecule has 0 unspecified atom stereocenters. The van der Waals surface area contributed by atoms with Crippen LogP contribution in [0.4, 0.5) is 0 Å². The molecule has 0 heterocycles. The second kappa shape index (κ2) is 9.87. The molecule has 0 bridgehead atoms. The lowest BCUT2D eigenvalue weighted by Crippen LogP contribution is -1.96. The third-order valence-corrected chi connectivity index (χ3v) is 3.46. The standard InChI is InChI=1S/C18H26O4/c1-5-6-7-8-9-15(19)11-10-14-12-17(21-3)18(22-4)13-16(14)20-2/h10-13H,5-9H2,1-4H3. The highest BCUT2D eigenvalue weighted by atomic mass is 16.5. The Morgan fingerprint density at radius 2 is 1.59 bits per heavy atom. The van der Waals surface area contributed by atoms with E-state index in [2.05, 4.69) is 6.92 Å². The first kappa shape index (κ1) is 18.1. The van der Waals surface area contributed by atoms with Gasteiger partial charge in [0, 0.05) is 18.1 Å². The number of ketones is 1. The van der Waals surface area contributed by atoms with E-state index >= 15 is 0 Å². The Bertz CT molecular complexity index is 506. The van der Waals surface area contributed by atoms with Gasteiger partial charge in [0.15, 0.2) is 17.3 Å². The molecule has 0 amide bonds. The molecule has 0 fully saturated rings. The lowest BCUT2D eigenvalue weighted by atomic mass is 10.1. The number of hydrogen-bond donors (Lipinski definition) is 0. The van der Waals surface area contributed by atoms with E-state index in [0.717, 1.165) is 18.4 Å². The zero-order valence-corrected chi connectivity index (χ0v) is 14.0. The molecule has 1 rings (SSSR count). The quantitative estimate of drug-likeness (QED) is 0.478. The molecule has 1 aromatic rings. The third kappa shape index (κ3) is 5.43. The minimum absolute atomic E-state index is 0.132. The van der Waals surface area contributed by atoms with Crippen LogP contribution < -0.4 is 14.2 Å². The van der Waals surface area contributed by atoms with Crippen LogP contribution in [0.1, 0.15) is 44.6 Å². The van der Waals surface area contributed by atoms with Gasteiger partial charge in [0.25, 0.3) is 0 Å². The van der Waals surface area contributed by atoms with Crippen molar-refractivity contribution in [3.63, 3.8) is 0 Å². The summed E-state index contributed by atoms with van der Waals surface area (Å²) in [6.07, 6.45) is 8.37. The van der Waals surface area contributed by atoms with E-state index in [1.165, 1.54) is 12.8 Å². The van der Waals surface area contributed by atoms with Crippen LogP contribution in [0, 0.1) is 0 Å². The van der Waals surface area contributed by atoms with Gasteiger partial charge in [-0.1, -0.05) is 26.2 Å². The van der Waals surface area contributed by atoms with E-state index in [9.17, 15) is 4.79 Å². The van der Waals surface area contributed by atoms with Crippen LogP contribution in [0.25, 0.3) is 6.08 Å². The Hall–Kier alpha value is -1.97. The average Bonchev–Trinajstić information content (AvgIpc) is 2.55. The van der Waals surface area contributed by atoms with Crippen molar-refractivity contribution in [2.75, 3.05) is 21.3 Å². The smallest absolute Gasteiger partial charge is 0.164 e. The molecule has 4 heteroatoms. The minimum atomic E-state index is 0.132. The molecule has 1 aromatic carbocycles. The Morgan fingerprint density at radius 1 is 0.955 bits per heavy atom. The average molecular weight is 306 g/mol. The number of methoxy groups -OCH3 is 3. The lowest BCUT2D eigenvalue weighted by Gasteiger charge is -2.12. The molecule has 0 spiro atoms. The van der Waals surface area contributed by atoms with Crippen molar-refractivity contribution in [2.24, 2.45) is 0 Å². The molecule has 0 radical (unpaired) electrons. The highest BCUT2D eigenvalue weighted by molar-refractivity contribution is 5.94. The minimum Gasteiger partial charge on any atom is -0.496 e. The highest BCUT2D eigenvalue weighted by Gasteiger charge is 2.10. The number of ether oxygens (including phenoxy) is 3. The summed E-state index contributed by atoms with van der Waals surface area (Å²) in [7, 11) is 4.74. The van der Waals surface area contributed by atoms with Gasteiger partial charge in [-0.15, -0.1) is 0 Å². The van der Waals surface area contributed by atoms with E-state index < -0.39 is 0 Å². The summed E-state index contributed by atoms with van der Waals surface area (Å²) in [5, 5.41) is 0. The molecule has 122 valence electrons. The van der Waals surface area contributed by atoms with Crippen molar-refractivity contribution in [2.45, 2.75) is 39.0 Å². The number of benzene rings is 1. The predicted octanol–water partition coefficient (Wildman–Crippen LogP) is 4.27. The largest absolute Gasteiger partial charge is 0.496 e. The number of hydrogen-bond acceptors (Lipinski definition) is 4. The van der Waals surface area contributed by atoms with E-state index in [1.54, 1.807) is 45.6 Å². The Morgan fingerprint density at radius 3 is 2.18 bits per heavy atom. The van der Waals surface area contributed by atoms with Crippen molar-refractivity contribution in [3.8, 4) is 17.2 Å². The van der Waals surface area contributed by atoms with Crippen LogP contribution in [0.2, 0.25) is 0 Å². The van der Waals surface area contributed by atoms with Gasteiger partial charge in [0.2, 0.25) is 0 Å². The number of allylic oxidation sites excluding steroid dienone is 1. The molecule has 0 aliphatic carbocycles. The van der Waals surface area contributed by atoms with Crippen LogP contribution in [0.3, 0.4) is 0 Å². The van der Waals surface area contributed by atoms with Crippen molar-refractivity contribution >= 4 is 11.9 Å². The van der Waals surface area contributed by atoms with Gasteiger partial charge >= 0.3 is 0 Å². The summed E-state index contributed by atoms with van der Waals surface area (Å²) < 4.78 is 15.8. The summed E-state index contributed by atoms with van der Waals surface area (Å²) in [6.45, 7) is 2.16. The molecule has 22 heavy (non-hydrogen) atoms. The zero-order chi connectivity index (χ0) is 16.4. The predicted molar refractivity (Wildman–Crippen MR) is 88.9 cm³/mol. The Balaban J connectivity index is 2.78. The molecule has 0 aromatic heterocycles. The molecule has 0 aliphatic rings. The van der Waals surface area contributed by atoms with E-state index in [1.807, 2.05) is 0 Å². The fourth-order valence-electron chi connectivity index (χ4n) is 2.18. The Kier molecular flexibility index (Phi) is 8.11. The lowest BCUT2D eigenvalue weighted by molar-refractivity contribution is -0.114. The van der Waals surface area contributed by atoms with Crippen molar-refractivity contribution < 1.29 is 19.0 Å². The fourth-order valence-corrected chi connectivity index (χ4v) is 2.18. The maximum atomic E-state index is 11.9. The zero-order valence-electron chi connectivity index (χ0n) is 14.0. The van der Waals surface area contributed by atoms with Gasteiger partial charge in [-0.05, 0) is 24.6 Å². The van der Waals surface area contributed by atoms with Gasteiger partial charge in [-0.3, -0.25) is 4.79 Å². The van der Waals surface area contributed by atoms with Crippen molar-refractivity contribution in [1.29, 1.82) is 0 Å². The molecule has 0 N–H and O–H groups in total. The summed E-state index contributed by atoms with van der Waals surface area (Å²) in [5.41, 5.74) is 0.794. The van der Waals surface area contributed by atoms with E-state index in [4.69, 9.17) is 14.2 Å². The first-order chi connectivity index (χ1) is 10.7. The topological polar surface area (TPSA) is 44.8 Å². The number of unbranched alkanes of at least 4 members (excludes halogenated alkanes) is 3. The van der Waals surface area contributed by atoms with Gasteiger partial charge in [0.05, 0.1) is 21.3 Å². The second-order valence-electron chi connectivity index (χ2n) is 5.06.